The number of benzene rings is 2. The van der Waals surface area contributed by atoms with E-state index in [0.717, 1.165) is 5.56 Å². The van der Waals surface area contributed by atoms with Crippen molar-refractivity contribution < 1.29 is 9.59 Å². The zero-order valence-electron chi connectivity index (χ0n) is 10.4. The first-order chi connectivity index (χ1) is 9.66. The number of imide groups is 1. The van der Waals surface area contributed by atoms with Crippen molar-refractivity contribution >= 4 is 29.2 Å². The number of carbonyl (C=O) groups is 2. The molecule has 20 heavy (non-hydrogen) atoms. The minimum Gasteiger partial charge on any atom is -0.277 e. The average molecular weight is 287 g/mol. The Hall–Kier alpha value is -2.33. The van der Waals surface area contributed by atoms with Crippen LogP contribution in [0.25, 0.3) is 0 Å². The number of anilines is 1. The molecule has 2 aromatic carbocycles. The molecule has 1 aliphatic rings. The van der Waals surface area contributed by atoms with Crippen molar-refractivity contribution in [3.05, 3.63) is 65.2 Å². The second kappa shape index (κ2) is 4.98. The summed E-state index contributed by atoms with van der Waals surface area (Å²) in [6, 6.07) is 14.9. The Morgan fingerprint density at radius 1 is 0.950 bits per heavy atom. The van der Waals surface area contributed by atoms with Crippen molar-refractivity contribution in [1.29, 1.82) is 0 Å². The third kappa shape index (κ3) is 2.14. The number of hydrogen-bond acceptors (Lipinski definition) is 2. The van der Waals surface area contributed by atoms with Crippen LogP contribution in [0, 0.1) is 0 Å². The molecule has 0 aliphatic carbocycles. The lowest BCUT2D eigenvalue weighted by Crippen LogP contribution is -2.29. The summed E-state index contributed by atoms with van der Waals surface area (Å²) in [6.45, 7) is 0. The number of carbonyl (C=O) groups excluding carboxylic acids is 2. The van der Waals surface area contributed by atoms with Gasteiger partial charge in [-0.25, -0.2) is 4.79 Å². The molecule has 0 bridgehead atoms. The molecule has 4 nitrogen and oxygen atoms in total. The summed E-state index contributed by atoms with van der Waals surface area (Å²) in [7, 11) is 0. The Morgan fingerprint density at radius 2 is 1.60 bits per heavy atom. The van der Waals surface area contributed by atoms with E-state index in [1.807, 2.05) is 18.2 Å². The number of halogens is 1. The molecule has 1 atom stereocenters. The van der Waals surface area contributed by atoms with Crippen molar-refractivity contribution in [2.24, 2.45) is 0 Å². The summed E-state index contributed by atoms with van der Waals surface area (Å²) in [4.78, 5) is 25.5. The lowest BCUT2D eigenvalue weighted by Gasteiger charge is -2.22. The van der Waals surface area contributed by atoms with Gasteiger partial charge in [-0.3, -0.25) is 15.0 Å². The highest BCUT2D eigenvalue weighted by Gasteiger charge is 2.40. The third-order valence-electron chi connectivity index (χ3n) is 3.18. The highest BCUT2D eigenvalue weighted by molar-refractivity contribution is 6.30. The highest BCUT2D eigenvalue weighted by atomic mass is 35.5. The quantitative estimate of drug-likeness (QED) is 0.862. The molecule has 0 saturated carbocycles. The third-order valence-corrected chi connectivity index (χ3v) is 3.43. The molecule has 2 aromatic rings. The van der Waals surface area contributed by atoms with Gasteiger partial charge in [0.25, 0.3) is 5.91 Å². The van der Waals surface area contributed by atoms with E-state index < -0.39 is 12.1 Å². The summed E-state index contributed by atoms with van der Waals surface area (Å²) in [5.74, 6) is -0.332. The first-order valence-electron chi connectivity index (χ1n) is 6.11. The van der Waals surface area contributed by atoms with E-state index in [1.54, 1.807) is 36.4 Å². The predicted molar refractivity (Wildman–Crippen MR) is 76.7 cm³/mol. The largest absolute Gasteiger partial charge is 0.329 e. The summed E-state index contributed by atoms with van der Waals surface area (Å²) in [5, 5.41) is 2.93. The molecular formula is C15H11ClN2O2. The molecule has 1 unspecified atom stereocenters. The molecule has 3 rings (SSSR count). The van der Waals surface area contributed by atoms with Gasteiger partial charge in [0.2, 0.25) is 0 Å². The SMILES string of the molecule is O=C1NC(=O)N(c2ccccc2)C1c1ccc(Cl)cc1. The van der Waals surface area contributed by atoms with Gasteiger partial charge >= 0.3 is 6.03 Å². The van der Waals surface area contributed by atoms with Gasteiger partial charge in [0.1, 0.15) is 6.04 Å². The van der Waals surface area contributed by atoms with E-state index in [9.17, 15) is 9.59 Å². The molecule has 0 radical (unpaired) electrons. The number of amides is 3. The van der Waals surface area contributed by atoms with Crippen LogP contribution >= 0.6 is 11.6 Å². The molecule has 1 saturated heterocycles. The Balaban J connectivity index is 2.04. The summed E-state index contributed by atoms with van der Waals surface area (Å²) in [6.07, 6.45) is 0. The lowest BCUT2D eigenvalue weighted by molar-refractivity contribution is -0.119. The van der Waals surface area contributed by atoms with Crippen LogP contribution in [0.15, 0.2) is 54.6 Å². The molecule has 1 fully saturated rings. The Bertz CT molecular complexity index is 655. The van der Waals surface area contributed by atoms with E-state index in [-0.39, 0.29) is 5.91 Å². The van der Waals surface area contributed by atoms with Gasteiger partial charge in [0.15, 0.2) is 0 Å². The normalized spacial score (nSPS) is 18.2. The van der Waals surface area contributed by atoms with Crippen LogP contribution < -0.4 is 10.2 Å². The maximum atomic E-state index is 12.0. The van der Waals surface area contributed by atoms with Crippen LogP contribution in [0.3, 0.4) is 0 Å². The summed E-state index contributed by atoms with van der Waals surface area (Å²) < 4.78 is 0. The van der Waals surface area contributed by atoms with Gasteiger partial charge in [0.05, 0.1) is 0 Å². The number of para-hydroxylation sites is 1. The van der Waals surface area contributed by atoms with Gasteiger partial charge < -0.3 is 0 Å². The molecule has 0 spiro atoms. The Morgan fingerprint density at radius 3 is 2.25 bits per heavy atom. The molecule has 3 amide bonds. The van der Waals surface area contributed by atoms with Gasteiger partial charge in [-0.1, -0.05) is 41.9 Å². The van der Waals surface area contributed by atoms with Gasteiger partial charge in [-0.15, -0.1) is 0 Å². The zero-order valence-corrected chi connectivity index (χ0v) is 11.2. The number of nitrogens with zero attached hydrogens (tertiary/aromatic N) is 1. The van der Waals surface area contributed by atoms with E-state index >= 15 is 0 Å². The van der Waals surface area contributed by atoms with Crippen molar-refractivity contribution in [2.75, 3.05) is 4.90 Å². The van der Waals surface area contributed by atoms with Crippen LogP contribution in [0.1, 0.15) is 11.6 Å². The second-order valence-corrected chi connectivity index (χ2v) is 4.89. The van der Waals surface area contributed by atoms with Crippen LogP contribution in [-0.2, 0) is 4.79 Å². The number of hydrogen-bond donors (Lipinski definition) is 1. The van der Waals surface area contributed by atoms with Gasteiger partial charge in [0, 0.05) is 10.7 Å². The van der Waals surface area contributed by atoms with Crippen LogP contribution in [-0.4, -0.2) is 11.9 Å². The Kier molecular flexibility index (Phi) is 3.16. The van der Waals surface area contributed by atoms with E-state index in [0.29, 0.717) is 10.7 Å². The minimum absolute atomic E-state index is 0.332. The Labute approximate surface area is 121 Å². The zero-order chi connectivity index (χ0) is 14.1. The summed E-state index contributed by atoms with van der Waals surface area (Å²) >= 11 is 5.86. The number of nitrogens with one attached hydrogen (secondary N) is 1. The maximum absolute atomic E-state index is 12.0. The van der Waals surface area contributed by atoms with Crippen molar-refractivity contribution in [2.45, 2.75) is 6.04 Å². The van der Waals surface area contributed by atoms with E-state index in [2.05, 4.69) is 5.32 Å². The molecule has 0 aromatic heterocycles. The fourth-order valence-corrected chi connectivity index (χ4v) is 2.39. The van der Waals surface area contributed by atoms with E-state index in [4.69, 9.17) is 11.6 Å². The molecule has 100 valence electrons. The van der Waals surface area contributed by atoms with Gasteiger partial charge in [-0.05, 0) is 29.8 Å². The number of urea groups is 1. The van der Waals surface area contributed by atoms with Crippen molar-refractivity contribution in [3.63, 3.8) is 0 Å². The minimum atomic E-state index is -0.665. The van der Waals surface area contributed by atoms with Crippen LogP contribution in [0.2, 0.25) is 5.02 Å². The lowest BCUT2D eigenvalue weighted by atomic mass is 10.1. The van der Waals surface area contributed by atoms with Crippen molar-refractivity contribution in [3.8, 4) is 0 Å². The standard InChI is InChI=1S/C15H11ClN2O2/c16-11-8-6-10(7-9-11)13-14(19)17-15(20)18(13)12-4-2-1-3-5-12/h1-9,13H,(H,17,19,20). The molecular weight excluding hydrogens is 276 g/mol. The highest BCUT2D eigenvalue weighted by Crippen LogP contribution is 2.31. The van der Waals surface area contributed by atoms with E-state index in [1.165, 1.54) is 4.90 Å². The summed E-state index contributed by atoms with van der Waals surface area (Å²) in [5.41, 5.74) is 1.40. The second-order valence-electron chi connectivity index (χ2n) is 4.45. The predicted octanol–water partition coefficient (Wildman–Crippen LogP) is 3.14. The monoisotopic (exact) mass is 286 g/mol. The first-order valence-corrected chi connectivity index (χ1v) is 6.49. The maximum Gasteiger partial charge on any atom is 0.329 e. The first kappa shape index (κ1) is 12.7. The van der Waals surface area contributed by atoms with Crippen molar-refractivity contribution in [1.82, 2.24) is 5.32 Å². The smallest absolute Gasteiger partial charge is 0.277 e. The van der Waals surface area contributed by atoms with Crippen LogP contribution in [0.5, 0.6) is 0 Å². The molecule has 1 aliphatic heterocycles. The average Bonchev–Trinajstić information content (AvgIpc) is 2.75. The van der Waals surface area contributed by atoms with Gasteiger partial charge in [-0.2, -0.15) is 0 Å². The molecule has 1 heterocycles. The van der Waals surface area contributed by atoms with Crippen LogP contribution in [0.4, 0.5) is 10.5 Å². The topological polar surface area (TPSA) is 49.4 Å². The fourth-order valence-electron chi connectivity index (χ4n) is 2.27. The molecule has 1 N–H and O–H groups in total. The number of rotatable bonds is 2. The fraction of sp³-hybridized carbons (Fsp3) is 0.0667. The molecule has 5 heteroatoms.